The van der Waals surface area contributed by atoms with Crippen molar-refractivity contribution in [2.24, 2.45) is 17.6 Å². The van der Waals surface area contributed by atoms with Crippen LogP contribution in [0.4, 0.5) is 0 Å². The summed E-state index contributed by atoms with van der Waals surface area (Å²) in [7, 11) is 3.43. The van der Waals surface area contributed by atoms with Gasteiger partial charge in [-0.15, -0.1) is 0 Å². The second-order valence-electron chi connectivity index (χ2n) is 6.52. The van der Waals surface area contributed by atoms with Crippen molar-refractivity contribution in [1.29, 1.82) is 0 Å². The molecule has 1 fully saturated rings. The Morgan fingerprint density at radius 2 is 1.96 bits per heavy atom. The second-order valence-corrected chi connectivity index (χ2v) is 6.52. The van der Waals surface area contributed by atoms with Crippen LogP contribution in [0.3, 0.4) is 0 Å². The molecule has 0 aliphatic heterocycles. The average molecular weight is 317 g/mol. The van der Waals surface area contributed by atoms with Gasteiger partial charge in [0, 0.05) is 26.4 Å². The van der Waals surface area contributed by atoms with Gasteiger partial charge >= 0.3 is 0 Å². The Morgan fingerprint density at radius 1 is 1.26 bits per heavy atom. The molecule has 3 N–H and O–H groups in total. The molecule has 1 aromatic carbocycles. The standard InChI is InChI=1S/C18H27N3O2/c1-21(2)18(23)16(11-13-7-4-3-5-8-13)20-17(22)15-10-6-9-14(15)12-19/h3-5,7-8,14-16H,6,9-12,19H2,1-2H3,(H,20,22)/t14-,15-,16?/m1/s1. The summed E-state index contributed by atoms with van der Waals surface area (Å²) in [6, 6.07) is 9.24. The predicted molar refractivity (Wildman–Crippen MR) is 90.7 cm³/mol. The van der Waals surface area contributed by atoms with Crippen LogP contribution < -0.4 is 11.1 Å². The van der Waals surface area contributed by atoms with Gasteiger partial charge in [-0.1, -0.05) is 36.8 Å². The molecular weight excluding hydrogens is 290 g/mol. The van der Waals surface area contributed by atoms with Gasteiger partial charge in [0.25, 0.3) is 0 Å². The van der Waals surface area contributed by atoms with E-state index in [4.69, 9.17) is 5.73 Å². The van der Waals surface area contributed by atoms with Gasteiger partial charge in [-0.05, 0) is 30.9 Å². The molecule has 2 rings (SSSR count). The Morgan fingerprint density at radius 3 is 2.57 bits per heavy atom. The van der Waals surface area contributed by atoms with E-state index in [-0.39, 0.29) is 23.7 Å². The maximum atomic E-state index is 12.6. The molecule has 0 bridgehead atoms. The molecule has 0 saturated heterocycles. The fraction of sp³-hybridized carbons (Fsp3) is 0.556. The number of benzene rings is 1. The highest BCUT2D eigenvalue weighted by Crippen LogP contribution is 2.31. The highest BCUT2D eigenvalue weighted by molar-refractivity contribution is 5.88. The van der Waals surface area contributed by atoms with Crippen molar-refractivity contribution in [3.8, 4) is 0 Å². The molecule has 0 aromatic heterocycles. The molecule has 0 spiro atoms. The Hall–Kier alpha value is -1.88. The van der Waals surface area contributed by atoms with Crippen molar-refractivity contribution in [1.82, 2.24) is 10.2 Å². The topological polar surface area (TPSA) is 75.4 Å². The van der Waals surface area contributed by atoms with E-state index in [2.05, 4.69) is 5.32 Å². The van der Waals surface area contributed by atoms with E-state index >= 15 is 0 Å². The molecule has 5 heteroatoms. The minimum absolute atomic E-state index is 0.0333. The molecule has 0 heterocycles. The van der Waals surface area contributed by atoms with E-state index in [0.717, 1.165) is 24.8 Å². The van der Waals surface area contributed by atoms with Crippen LogP contribution >= 0.6 is 0 Å². The van der Waals surface area contributed by atoms with Gasteiger partial charge in [-0.3, -0.25) is 9.59 Å². The Labute approximate surface area is 138 Å². The Kier molecular flexibility index (Phi) is 6.16. The normalized spacial score (nSPS) is 21.7. The van der Waals surface area contributed by atoms with E-state index in [1.807, 2.05) is 30.3 Å². The molecular formula is C18H27N3O2. The molecule has 0 radical (unpaired) electrons. The van der Waals surface area contributed by atoms with Gasteiger partial charge in [-0.25, -0.2) is 0 Å². The summed E-state index contributed by atoms with van der Waals surface area (Å²) in [5.74, 6) is 0.0636. The van der Waals surface area contributed by atoms with E-state index < -0.39 is 6.04 Å². The summed E-state index contributed by atoms with van der Waals surface area (Å²) < 4.78 is 0. The van der Waals surface area contributed by atoms with Crippen molar-refractivity contribution >= 4 is 11.8 Å². The second kappa shape index (κ2) is 8.11. The minimum Gasteiger partial charge on any atom is -0.347 e. The molecule has 1 saturated carbocycles. The molecule has 1 aromatic rings. The van der Waals surface area contributed by atoms with Crippen LogP contribution in [0.5, 0.6) is 0 Å². The van der Waals surface area contributed by atoms with Gasteiger partial charge in [0.15, 0.2) is 0 Å². The summed E-state index contributed by atoms with van der Waals surface area (Å²) in [6.07, 6.45) is 3.40. The number of nitrogens with one attached hydrogen (secondary N) is 1. The zero-order valence-corrected chi connectivity index (χ0v) is 14.0. The molecule has 1 aliphatic carbocycles. The number of nitrogens with zero attached hydrogens (tertiary/aromatic N) is 1. The maximum Gasteiger partial charge on any atom is 0.244 e. The van der Waals surface area contributed by atoms with Crippen LogP contribution in [0, 0.1) is 11.8 Å². The zero-order chi connectivity index (χ0) is 16.8. The van der Waals surface area contributed by atoms with Gasteiger partial charge in [0.05, 0.1) is 0 Å². The smallest absolute Gasteiger partial charge is 0.244 e. The van der Waals surface area contributed by atoms with Crippen molar-refractivity contribution in [3.63, 3.8) is 0 Å². The van der Waals surface area contributed by atoms with Crippen LogP contribution in [0.1, 0.15) is 24.8 Å². The van der Waals surface area contributed by atoms with E-state index in [0.29, 0.717) is 13.0 Å². The highest BCUT2D eigenvalue weighted by atomic mass is 16.2. The highest BCUT2D eigenvalue weighted by Gasteiger charge is 2.34. The number of likely N-dealkylation sites (N-methyl/N-ethyl adjacent to an activating group) is 1. The maximum absolute atomic E-state index is 12.6. The average Bonchev–Trinajstić information content (AvgIpc) is 3.03. The minimum atomic E-state index is -0.529. The van der Waals surface area contributed by atoms with Crippen molar-refractivity contribution in [3.05, 3.63) is 35.9 Å². The third kappa shape index (κ3) is 4.55. The molecule has 2 amide bonds. The molecule has 1 unspecified atom stereocenters. The largest absolute Gasteiger partial charge is 0.347 e. The summed E-state index contributed by atoms with van der Waals surface area (Å²) in [4.78, 5) is 26.6. The summed E-state index contributed by atoms with van der Waals surface area (Å²) in [5.41, 5.74) is 6.81. The van der Waals surface area contributed by atoms with Gasteiger partial charge in [-0.2, -0.15) is 0 Å². The van der Waals surface area contributed by atoms with Crippen molar-refractivity contribution < 1.29 is 9.59 Å². The number of carbonyl (C=O) groups excluding carboxylic acids is 2. The van der Waals surface area contributed by atoms with Crippen LogP contribution in [0.25, 0.3) is 0 Å². The monoisotopic (exact) mass is 317 g/mol. The van der Waals surface area contributed by atoms with E-state index in [9.17, 15) is 9.59 Å². The Balaban J connectivity index is 2.08. The number of hydrogen-bond acceptors (Lipinski definition) is 3. The number of amides is 2. The van der Waals surface area contributed by atoms with E-state index in [1.165, 1.54) is 4.90 Å². The fourth-order valence-corrected chi connectivity index (χ4v) is 3.30. The number of rotatable bonds is 6. The van der Waals surface area contributed by atoms with Crippen molar-refractivity contribution in [2.45, 2.75) is 31.7 Å². The molecule has 126 valence electrons. The Bertz CT molecular complexity index is 530. The SMILES string of the molecule is CN(C)C(=O)C(Cc1ccccc1)NC(=O)[C@@H]1CCC[C@@H]1CN. The lowest BCUT2D eigenvalue weighted by Gasteiger charge is -2.25. The van der Waals surface area contributed by atoms with Crippen molar-refractivity contribution in [2.75, 3.05) is 20.6 Å². The number of nitrogens with two attached hydrogens (primary N) is 1. The number of hydrogen-bond donors (Lipinski definition) is 2. The molecule has 5 nitrogen and oxygen atoms in total. The third-order valence-electron chi connectivity index (χ3n) is 4.64. The van der Waals surface area contributed by atoms with E-state index in [1.54, 1.807) is 14.1 Å². The van der Waals surface area contributed by atoms with Gasteiger partial charge in [0.1, 0.15) is 6.04 Å². The molecule has 1 aliphatic rings. The first kappa shape index (κ1) is 17.5. The van der Waals surface area contributed by atoms with Crippen LogP contribution in [0.2, 0.25) is 0 Å². The fourth-order valence-electron chi connectivity index (χ4n) is 3.30. The molecule has 23 heavy (non-hydrogen) atoms. The third-order valence-corrected chi connectivity index (χ3v) is 4.64. The lowest BCUT2D eigenvalue weighted by molar-refractivity contribution is -0.136. The first-order valence-corrected chi connectivity index (χ1v) is 8.28. The zero-order valence-electron chi connectivity index (χ0n) is 14.0. The van der Waals surface area contributed by atoms with Gasteiger partial charge < -0.3 is 16.0 Å². The first-order chi connectivity index (χ1) is 11.0. The van der Waals surface area contributed by atoms with Gasteiger partial charge in [0.2, 0.25) is 11.8 Å². The molecule has 3 atom stereocenters. The summed E-state index contributed by atoms with van der Waals surface area (Å²) in [5, 5.41) is 2.97. The predicted octanol–water partition coefficient (Wildman–Crippen LogP) is 1.18. The lowest BCUT2D eigenvalue weighted by atomic mass is 9.94. The first-order valence-electron chi connectivity index (χ1n) is 8.28. The van der Waals surface area contributed by atoms with Crippen LogP contribution in [-0.4, -0.2) is 43.4 Å². The van der Waals surface area contributed by atoms with Crippen LogP contribution in [0.15, 0.2) is 30.3 Å². The van der Waals surface area contributed by atoms with Crippen LogP contribution in [-0.2, 0) is 16.0 Å². The number of carbonyl (C=O) groups is 2. The summed E-state index contributed by atoms with van der Waals surface area (Å²) >= 11 is 0. The summed E-state index contributed by atoms with van der Waals surface area (Å²) in [6.45, 7) is 0.531. The lowest BCUT2D eigenvalue weighted by Crippen LogP contribution is -2.50. The quantitative estimate of drug-likeness (QED) is 0.827.